The van der Waals surface area contributed by atoms with Crippen LogP contribution in [0.15, 0.2) is 76.6 Å². The van der Waals surface area contributed by atoms with Crippen LogP contribution >= 0.6 is 0 Å². The van der Waals surface area contributed by atoms with Crippen molar-refractivity contribution in [2.75, 3.05) is 0 Å². The van der Waals surface area contributed by atoms with Crippen LogP contribution in [0.5, 0.6) is 0 Å². The lowest BCUT2D eigenvalue weighted by Gasteiger charge is -2.13. The zero-order valence-corrected chi connectivity index (χ0v) is 15.2. The van der Waals surface area contributed by atoms with Crippen LogP contribution < -0.4 is 16.6 Å². The number of hydrogen-bond acceptors (Lipinski definition) is 4. The number of ketones is 1. The first-order valence-electron chi connectivity index (χ1n) is 8.81. The van der Waals surface area contributed by atoms with E-state index in [-0.39, 0.29) is 22.1 Å². The smallest absolute Gasteiger partial charge is 0.247 e. The van der Waals surface area contributed by atoms with Gasteiger partial charge in [-0.25, -0.2) is 0 Å². The number of para-hydroxylation sites is 1. The number of aromatic amines is 1. The van der Waals surface area contributed by atoms with Gasteiger partial charge in [0.25, 0.3) is 0 Å². The van der Waals surface area contributed by atoms with Gasteiger partial charge in [0.15, 0.2) is 13.6 Å². The molecule has 0 amide bonds. The lowest BCUT2D eigenvalue weighted by molar-refractivity contribution is 0.103. The largest absolute Gasteiger partial charge is 0.340 e. The van der Waals surface area contributed by atoms with E-state index in [1.807, 2.05) is 42.7 Å². The molecule has 4 aromatic rings. The number of hydrogen-bond donors (Lipinski definition) is 1. The lowest BCUT2D eigenvalue weighted by Crippen LogP contribution is -2.21. The second-order valence-electron chi connectivity index (χ2n) is 6.56. The summed E-state index contributed by atoms with van der Waals surface area (Å²) < 4.78 is 1.86. The van der Waals surface area contributed by atoms with Gasteiger partial charge in [0.1, 0.15) is 0 Å². The van der Waals surface area contributed by atoms with E-state index in [0.717, 1.165) is 16.8 Å². The molecular weight excluding hydrogens is 353 g/mol. The van der Waals surface area contributed by atoms with Crippen LogP contribution in [-0.2, 0) is 6.54 Å². The average Bonchev–Trinajstić information content (AvgIpc) is 2.70. The Morgan fingerprint density at radius 2 is 1.86 bits per heavy atom. The maximum atomic E-state index is 12.9. The van der Waals surface area contributed by atoms with E-state index >= 15 is 0 Å². The number of fused-ring (bicyclic) bond motifs is 1. The van der Waals surface area contributed by atoms with Crippen LogP contribution in [0.1, 0.15) is 21.6 Å². The minimum Gasteiger partial charge on any atom is -0.340 e. The first-order valence-corrected chi connectivity index (χ1v) is 8.81. The summed E-state index contributed by atoms with van der Waals surface area (Å²) in [6.45, 7) is 0.425. The van der Waals surface area contributed by atoms with E-state index in [0.29, 0.717) is 11.9 Å². The third-order valence-corrected chi connectivity index (χ3v) is 4.56. The maximum Gasteiger partial charge on any atom is 0.247 e. The molecule has 0 aliphatic heterocycles. The van der Waals surface area contributed by atoms with Gasteiger partial charge in [0.05, 0.1) is 23.3 Å². The molecule has 1 aromatic carbocycles. The molecule has 0 saturated heterocycles. The van der Waals surface area contributed by atoms with Crippen molar-refractivity contribution in [1.29, 1.82) is 0 Å². The van der Waals surface area contributed by atoms with Gasteiger partial charge in [0.2, 0.25) is 11.0 Å². The van der Waals surface area contributed by atoms with E-state index in [4.69, 9.17) is 0 Å². The molecule has 0 aliphatic rings. The monoisotopic (exact) mass is 369 g/mol. The van der Waals surface area contributed by atoms with Crippen molar-refractivity contribution >= 4 is 30.1 Å². The molecule has 1 N–H and O–H groups in total. The van der Waals surface area contributed by atoms with E-state index < -0.39 is 5.78 Å². The molecule has 0 fully saturated rings. The van der Waals surface area contributed by atoms with Crippen LogP contribution in [0, 0.1) is 0 Å². The Balaban J connectivity index is 1.89. The number of pyridine rings is 3. The van der Waals surface area contributed by atoms with Gasteiger partial charge in [0, 0.05) is 29.4 Å². The number of rotatable bonds is 4. The van der Waals surface area contributed by atoms with Crippen LogP contribution in [0.25, 0.3) is 10.9 Å². The summed E-state index contributed by atoms with van der Waals surface area (Å²) in [7, 11) is 1.91. The molecule has 136 valence electrons. The fourth-order valence-corrected chi connectivity index (χ4v) is 3.21. The Kier molecular flexibility index (Phi) is 4.49. The second kappa shape index (κ2) is 7.11. The number of H-pyrrole nitrogens is 1. The highest BCUT2D eigenvalue weighted by atomic mass is 16.1. The van der Waals surface area contributed by atoms with E-state index in [2.05, 4.69) is 9.97 Å². The summed E-state index contributed by atoms with van der Waals surface area (Å²) >= 11 is 0. The molecule has 7 heteroatoms. The normalized spacial score (nSPS) is 10.9. The van der Waals surface area contributed by atoms with Gasteiger partial charge in [-0.05, 0) is 29.9 Å². The summed E-state index contributed by atoms with van der Waals surface area (Å²) in [6, 6.07) is 15.6. The maximum absolute atomic E-state index is 12.9. The van der Waals surface area contributed by atoms with Crippen LogP contribution in [0.2, 0.25) is 0 Å². The Bertz CT molecular complexity index is 1300. The SMILES string of the molecule is Bc1cccc(Cn2cc(C(=O)c3ccc(=O)[nH]c3)c(=O)c3ccccc32)n1. The fraction of sp³-hybridized carbons (Fsp3) is 0.0476. The Morgan fingerprint density at radius 3 is 2.61 bits per heavy atom. The molecule has 0 bridgehead atoms. The van der Waals surface area contributed by atoms with Gasteiger partial charge in [-0.1, -0.05) is 24.3 Å². The molecule has 0 radical (unpaired) electrons. The predicted molar refractivity (Wildman–Crippen MR) is 110 cm³/mol. The molecule has 3 heterocycles. The van der Waals surface area contributed by atoms with Crippen molar-refractivity contribution in [2.45, 2.75) is 6.54 Å². The predicted octanol–water partition coefficient (Wildman–Crippen LogP) is 0.622. The third kappa shape index (κ3) is 3.30. The van der Waals surface area contributed by atoms with Crippen molar-refractivity contribution in [3.63, 3.8) is 0 Å². The van der Waals surface area contributed by atoms with Crippen molar-refractivity contribution in [1.82, 2.24) is 14.5 Å². The summed E-state index contributed by atoms with van der Waals surface area (Å²) in [5, 5.41) is 0.463. The number of carbonyl (C=O) groups is 1. The van der Waals surface area contributed by atoms with Gasteiger partial charge in [-0.3, -0.25) is 19.4 Å². The molecule has 0 aliphatic carbocycles. The molecule has 0 saturated carbocycles. The van der Waals surface area contributed by atoms with Crippen LogP contribution in [-0.4, -0.2) is 28.2 Å². The molecule has 28 heavy (non-hydrogen) atoms. The van der Waals surface area contributed by atoms with Gasteiger partial charge >= 0.3 is 0 Å². The van der Waals surface area contributed by atoms with E-state index in [9.17, 15) is 14.4 Å². The minimum atomic E-state index is -0.432. The summed E-state index contributed by atoms with van der Waals surface area (Å²) in [6.07, 6.45) is 2.90. The molecule has 6 nitrogen and oxygen atoms in total. The Hall–Kier alpha value is -3.74. The number of carbonyl (C=O) groups excluding carboxylic acids is 1. The minimum absolute atomic E-state index is 0.0541. The first kappa shape index (κ1) is 17.7. The fourth-order valence-electron chi connectivity index (χ4n) is 3.21. The first-order chi connectivity index (χ1) is 13.5. The van der Waals surface area contributed by atoms with E-state index in [1.165, 1.54) is 18.3 Å². The number of nitrogens with zero attached hydrogens (tertiary/aromatic N) is 2. The summed E-state index contributed by atoms with van der Waals surface area (Å²) in [4.78, 5) is 44.1. The van der Waals surface area contributed by atoms with Crippen molar-refractivity contribution in [3.05, 3.63) is 104 Å². The van der Waals surface area contributed by atoms with Gasteiger partial charge in [-0.2, -0.15) is 0 Å². The van der Waals surface area contributed by atoms with Crippen molar-refractivity contribution < 1.29 is 4.79 Å². The molecular formula is C21H16BN3O3. The second-order valence-corrected chi connectivity index (χ2v) is 6.56. The average molecular weight is 369 g/mol. The molecule has 0 atom stereocenters. The highest BCUT2D eigenvalue weighted by Gasteiger charge is 2.17. The molecule has 0 unspecified atom stereocenters. The Labute approximate surface area is 160 Å². The summed E-state index contributed by atoms with van der Waals surface area (Å²) in [5.74, 6) is -0.432. The highest BCUT2D eigenvalue weighted by Crippen LogP contribution is 2.15. The number of nitrogens with one attached hydrogen (secondary N) is 1. The topological polar surface area (TPSA) is 84.8 Å². The van der Waals surface area contributed by atoms with Crippen molar-refractivity contribution in [2.24, 2.45) is 0 Å². The highest BCUT2D eigenvalue weighted by molar-refractivity contribution is 6.30. The number of benzene rings is 1. The van der Waals surface area contributed by atoms with Crippen molar-refractivity contribution in [3.8, 4) is 0 Å². The molecule has 3 aromatic heterocycles. The van der Waals surface area contributed by atoms with Crippen LogP contribution in [0.4, 0.5) is 0 Å². The van der Waals surface area contributed by atoms with Gasteiger partial charge < -0.3 is 9.55 Å². The zero-order valence-electron chi connectivity index (χ0n) is 15.2. The quantitative estimate of drug-likeness (QED) is 0.422. The zero-order chi connectivity index (χ0) is 19.7. The lowest BCUT2D eigenvalue weighted by atomic mass is 10.0. The third-order valence-electron chi connectivity index (χ3n) is 4.56. The molecule has 4 rings (SSSR count). The van der Waals surface area contributed by atoms with Crippen LogP contribution in [0.3, 0.4) is 0 Å². The standard InChI is InChI=1S/C21H16BN3O3/c22-18-7-3-4-14(24-18)11-25-12-16(20(27)13-8-9-19(26)23-10-13)21(28)15-5-1-2-6-17(15)25/h1-10,12H,11,22H2,(H,23,26). The molecule has 0 spiro atoms. The Morgan fingerprint density at radius 1 is 1.04 bits per heavy atom. The number of aromatic nitrogens is 3. The summed E-state index contributed by atoms with van der Waals surface area (Å²) in [5.41, 5.74) is 2.13. The van der Waals surface area contributed by atoms with E-state index in [1.54, 1.807) is 18.3 Å². The van der Waals surface area contributed by atoms with Gasteiger partial charge in [-0.15, -0.1) is 0 Å².